The molecule has 31 heavy (non-hydrogen) atoms. The van der Waals surface area contributed by atoms with E-state index in [1.165, 1.54) is 18.2 Å². The molecule has 2 aromatic rings. The van der Waals surface area contributed by atoms with Crippen LogP contribution in [-0.2, 0) is 14.8 Å². The molecule has 0 spiro atoms. The standard InChI is InChI=1S/C20H26FN3O5S2/c21-14-3-5-15(6-4-14)23-7-9-24(10-8-23)19-16(29-17(13-25)20(19)26)12-22-31(27,28)18-2-1-11-30-18/h1-6,11,16-17,19-20,22,25-26H,7-10,12-13H2/t16-,17-,19-,20+/m0/s1. The first-order chi connectivity index (χ1) is 14.9. The molecule has 2 fully saturated rings. The number of benzene rings is 1. The van der Waals surface area contributed by atoms with Gasteiger partial charge in [-0.2, -0.15) is 0 Å². The monoisotopic (exact) mass is 471 g/mol. The van der Waals surface area contributed by atoms with Crippen molar-refractivity contribution in [2.75, 3.05) is 44.2 Å². The zero-order chi connectivity index (χ0) is 22.0. The zero-order valence-corrected chi connectivity index (χ0v) is 18.4. The van der Waals surface area contributed by atoms with Gasteiger partial charge in [-0.05, 0) is 35.7 Å². The lowest BCUT2D eigenvalue weighted by atomic mass is 10.0. The van der Waals surface area contributed by atoms with Crippen molar-refractivity contribution in [1.82, 2.24) is 9.62 Å². The number of ether oxygens (including phenoxy) is 1. The fraction of sp³-hybridized carbons (Fsp3) is 0.500. The van der Waals surface area contributed by atoms with E-state index in [-0.39, 0.29) is 23.2 Å². The number of thiophene rings is 1. The second kappa shape index (κ2) is 9.49. The van der Waals surface area contributed by atoms with Gasteiger partial charge in [-0.3, -0.25) is 4.90 Å². The molecule has 2 aliphatic rings. The minimum absolute atomic E-state index is 0.00334. The molecule has 0 aliphatic carbocycles. The number of aliphatic hydroxyl groups is 2. The predicted octanol–water partition coefficient (Wildman–Crippen LogP) is 0.477. The van der Waals surface area contributed by atoms with Crippen LogP contribution in [-0.4, -0.2) is 87.2 Å². The summed E-state index contributed by atoms with van der Waals surface area (Å²) in [4.78, 5) is 4.21. The Kier molecular flexibility index (Phi) is 6.92. The Balaban J connectivity index is 1.42. The van der Waals surface area contributed by atoms with E-state index in [2.05, 4.69) is 14.5 Å². The summed E-state index contributed by atoms with van der Waals surface area (Å²) in [6, 6.07) is 9.08. The maximum atomic E-state index is 13.2. The van der Waals surface area contributed by atoms with Gasteiger partial charge < -0.3 is 19.8 Å². The lowest BCUT2D eigenvalue weighted by molar-refractivity contribution is -0.0201. The third-order valence-electron chi connectivity index (χ3n) is 5.80. The first kappa shape index (κ1) is 22.6. The molecule has 0 amide bonds. The maximum absolute atomic E-state index is 13.2. The molecule has 0 saturated carbocycles. The van der Waals surface area contributed by atoms with Crippen LogP contribution in [0.25, 0.3) is 0 Å². The normalized spacial score (nSPS) is 27.6. The molecule has 1 aromatic heterocycles. The van der Waals surface area contributed by atoms with Gasteiger partial charge in [0.1, 0.15) is 22.2 Å². The molecule has 1 aromatic carbocycles. The molecule has 11 heteroatoms. The number of anilines is 1. The first-order valence-corrected chi connectivity index (χ1v) is 12.5. The summed E-state index contributed by atoms with van der Waals surface area (Å²) in [6.07, 6.45) is -2.30. The van der Waals surface area contributed by atoms with E-state index in [0.29, 0.717) is 26.2 Å². The highest BCUT2D eigenvalue weighted by molar-refractivity contribution is 7.91. The number of hydrogen-bond donors (Lipinski definition) is 3. The molecule has 4 atom stereocenters. The van der Waals surface area contributed by atoms with Crippen LogP contribution >= 0.6 is 11.3 Å². The molecular formula is C20H26FN3O5S2. The van der Waals surface area contributed by atoms with E-state index in [9.17, 15) is 23.0 Å². The smallest absolute Gasteiger partial charge is 0.250 e. The van der Waals surface area contributed by atoms with Gasteiger partial charge in [0.05, 0.1) is 18.8 Å². The number of rotatable bonds is 7. The molecule has 170 valence electrons. The highest BCUT2D eigenvalue weighted by Crippen LogP contribution is 2.28. The van der Waals surface area contributed by atoms with E-state index in [0.717, 1.165) is 17.0 Å². The van der Waals surface area contributed by atoms with Gasteiger partial charge in [-0.15, -0.1) is 11.3 Å². The highest BCUT2D eigenvalue weighted by Gasteiger charge is 2.47. The molecule has 2 aliphatic heterocycles. The van der Waals surface area contributed by atoms with E-state index in [4.69, 9.17) is 4.74 Å². The fourth-order valence-electron chi connectivity index (χ4n) is 4.21. The summed E-state index contributed by atoms with van der Waals surface area (Å²) in [6.45, 7) is 2.24. The Morgan fingerprint density at radius 3 is 2.45 bits per heavy atom. The van der Waals surface area contributed by atoms with Crippen molar-refractivity contribution in [3.05, 3.63) is 47.6 Å². The average Bonchev–Trinajstić information content (AvgIpc) is 3.42. The van der Waals surface area contributed by atoms with Gasteiger partial charge in [-0.1, -0.05) is 6.07 Å². The molecule has 4 rings (SSSR count). The fourth-order valence-corrected chi connectivity index (χ4v) is 6.29. The van der Waals surface area contributed by atoms with Crippen molar-refractivity contribution >= 4 is 27.0 Å². The van der Waals surface area contributed by atoms with E-state index < -0.39 is 34.4 Å². The number of nitrogens with one attached hydrogen (secondary N) is 1. The minimum Gasteiger partial charge on any atom is -0.394 e. The number of piperazine rings is 1. The summed E-state index contributed by atoms with van der Waals surface area (Å²) in [5.74, 6) is -0.281. The van der Waals surface area contributed by atoms with Crippen LogP contribution in [0.3, 0.4) is 0 Å². The van der Waals surface area contributed by atoms with Gasteiger partial charge >= 0.3 is 0 Å². The van der Waals surface area contributed by atoms with Gasteiger partial charge in [0.25, 0.3) is 0 Å². The maximum Gasteiger partial charge on any atom is 0.250 e. The second-order valence-electron chi connectivity index (χ2n) is 7.66. The summed E-state index contributed by atoms with van der Waals surface area (Å²) in [5, 5.41) is 22.0. The summed E-state index contributed by atoms with van der Waals surface area (Å²) in [7, 11) is -3.66. The van der Waals surface area contributed by atoms with Crippen LogP contribution in [0.2, 0.25) is 0 Å². The largest absolute Gasteiger partial charge is 0.394 e. The summed E-state index contributed by atoms with van der Waals surface area (Å²) >= 11 is 1.13. The van der Waals surface area contributed by atoms with Crippen molar-refractivity contribution in [1.29, 1.82) is 0 Å². The number of sulfonamides is 1. The van der Waals surface area contributed by atoms with Gasteiger partial charge in [0.15, 0.2) is 0 Å². The number of aliphatic hydroxyl groups excluding tert-OH is 2. The second-order valence-corrected chi connectivity index (χ2v) is 10.6. The van der Waals surface area contributed by atoms with Crippen LogP contribution in [0.1, 0.15) is 0 Å². The van der Waals surface area contributed by atoms with Crippen molar-refractivity contribution in [2.45, 2.75) is 28.6 Å². The lowest BCUT2D eigenvalue weighted by Gasteiger charge is -2.41. The van der Waals surface area contributed by atoms with Gasteiger partial charge in [0, 0.05) is 38.4 Å². The summed E-state index contributed by atoms with van der Waals surface area (Å²) in [5.41, 5.74) is 0.928. The highest BCUT2D eigenvalue weighted by atomic mass is 32.2. The SMILES string of the molecule is O=S(=O)(NC[C@@H]1O[C@@H](CO)[C@@H](O)[C@H]1N1CCN(c2ccc(F)cc2)CC1)c1cccs1. The first-order valence-electron chi connectivity index (χ1n) is 10.1. The van der Waals surface area contributed by atoms with Crippen molar-refractivity contribution in [3.8, 4) is 0 Å². The van der Waals surface area contributed by atoms with E-state index in [1.54, 1.807) is 23.6 Å². The lowest BCUT2D eigenvalue weighted by Crippen LogP contribution is -2.57. The predicted molar refractivity (Wildman–Crippen MR) is 115 cm³/mol. The van der Waals surface area contributed by atoms with Crippen LogP contribution < -0.4 is 9.62 Å². The van der Waals surface area contributed by atoms with Crippen LogP contribution in [0.4, 0.5) is 10.1 Å². The Morgan fingerprint density at radius 2 is 1.84 bits per heavy atom. The third-order valence-corrected chi connectivity index (χ3v) is 8.62. The molecule has 0 radical (unpaired) electrons. The van der Waals surface area contributed by atoms with E-state index in [1.807, 2.05) is 0 Å². The number of nitrogens with zero attached hydrogens (tertiary/aromatic N) is 2. The third kappa shape index (κ3) is 4.92. The number of halogens is 1. The van der Waals surface area contributed by atoms with Crippen LogP contribution in [0, 0.1) is 5.82 Å². The minimum atomic E-state index is -3.66. The Hall–Kier alpha value is -1.60. The van der Waals surface area contributed by atoms with Gasteiger partial charge in [-0.25, -0.2) is 17.5 Å². The quantitative estimate of drug-likeness (QED) is 0.540. The number of hydrogen-bond acceptors (Lipinski definition) is 8. The summed E-state index contributed by atoms with van der Waals surface area (Å²) < 4.78 is 46.7. The molecule has 8 nitrogen and oxygen atoms in total. The molecule has 2 saturated heterocycles. The Morgan fingerprint density at radius 1 is 1.13 bits per heavy atom. The molecule has 3 heterocycles. The van der Waals surface area contributed by atoms with Crippen molar-refractivity contribution in [3.63, 3.8) is 0 Å². The van der Waals surface area contributed by atoms with Crippen LogP contribution in [0.5, 0.6) is 0 Å². The molecule has 0 unspecified atom stereocenters. The van der Waals surface area contributed by atoms with Gasteiger partial charge in [0.2, 0.25) is 10.0 Å². The zero-order valence-electron chi connectivity index (χ0n) is 16.8. The Bertz CT molecular complexity index is 950. The van der Waals surface area contributed by atoms with Crippen molar-refractivity contribution < 1.29 is 27.8 Å². The average molecular weight is 472 g/mol. The topological polar surface area (TPSA) is 102 Å². The molecular weight excluding hydrogens is 445 g/mol. The Labute approximate surface area is 184 Å². The molecule has 3 N–H and O–H groups in total. The van der Waals surface area contributed by atoms with Crippen LogP contribution in [0.15, 0.2) is 46.0 Å². The van der Waals surface area contributed by atoms with Crippen molar-refractivity contribution in [2.24, 2.45) is 0 Å². The van der Waals surface area contributed by atoms with E-state index >= 15 is 0 Å². The molecule has 0 bridgehead atoms.